The molecular formula is C15H27NOS2. The summed E-state index contributed by atoms with van der Waals surface area (Å²) in [5.74, 6) is 1.16. The minimum atomic E-state index is -0.301. The van der Waals surface area contributed by atoms with Crippen LogP contribution < -0.4 is 0 Å². The van der Waals surface area contributed by atoms with Gasteiger partial charge < -0.3 is 10.0 Å². The smallest absolute Gasteiger partial charge is 0.0894 e. The molecule has 4 heteroatoms. The maximum Gasteiger partial charge on any atom is 0.0894 e. The minimum absolute atomic E-state index is 0.301. The van der Waals surface area contributed by atoms with Gasteiger partial charge in [-0.2, -0.15) is 0 Å². The third kappa shape index (κ3) is 6.80. The lowest BCUT2D eigenvalue weighted by molar-refractivity contribution is 0.152. The van der Waals surface area contributed by atoms with Crippen molar-refractivity contribution in [2.45, 2.75) is 49.8 Å². The van der Waals surface area contributed by atoms with E-state index in [1.807, 2.05) is 11.8 Å². The maximum atomic E-state index is 10.2. The lowest BCUT2D eigenvalue weighted by Crippen LogP contribution is -2.22. The average molecular weight is 302 g/mol. The molecule has 1 rings (SSSR count). The van der Waals surface area contributed by atoms with Crippen LogP contribution in [-0.2, 0) is 0 Å². The predicted octanol–water partition coefficient (Wildman–Crippen LogP) is 4.41. The maximum absolute atomic E-state index is 10.2. The lowest BCUT2D eigenvalue weighted by atomic mass is 10.2. The molecule has 1 heterocycles. The first kappa shape index (κ1) is 17.0. The first-order valence-electron chi connectivity index (χ1n) is 7.26. The van der Waals surface area contributed by atoms with E-state index in [0.29, 0.717) is 0 Å². The summed E-state index contributed by atoms with van der Waals surface area (Å²) in [7, 11) is 2.14. The molecule has 0 aliphatic heterocycles. The van der Waals surface area contributed by atoms with Gasteiger partial charge in [-0.05, 0) is 50.7 Å². The highest BCUT2D eigenvalue weighted by Crippen LogP contribution is 2.32. The highest BCUT2D eigenvalue weighted by molar-refractivity contribution is 8.01. The van der Waals surface area contributed by atoms with Crippen LogP contribution in [0, 0.1) is 0 Å². The fourth-order valence-electron chi connectivity index (χ4n) is 1.82. The summed E-state index contributed by atoms with van der Waals surface area (Å²) >= 11 is 3.64. The summed E-state index contributed by atoms with van der Waals surface area (Å²) in [6.45, 7) is 6.51. The molecule has 0 aliphatic rings. The van der Waals surface area contributed by atoms with Crippen LogP contribution in [0.3, 0.4) is 0 Å². The number of aliphatic hydroxyl groups is 1. The van der Waals surface area contributed by atoms with E-state index < -0.39 is 0 Å². The van der Waals surface area contributed by atoms with Crippen molar-refractivity contribution in [3.8, 4) is 0 Å². The largest absolute Gasteiger partial charge is 0.388 e. The second-order valence-electron chi connectivity index (χ2n) is 4.97. The van der Waals surface area contributed by atoms with Gasteiger partial charge in [0.05, 0.1) is 10.3 Å². The molecule has 0 amide bonds. The molecule has 0 aromatic carbocycles. The van der Waals surface area contributed by atoms with E-state index in [-0.39, 0.29) is 6.10 Å². The van der Waals surface area contributed by atoms with E-state index in [2.05, 4.69) is 37.9 Å². The van der Waals surface area contributed by atoms with Crippen molar-refractivity contribution in [3.63, 3.8) is 0 Å². The fourth-order valence-corrected chi connectivity index (χ4v) is 3.92. The number of aliphatic hydroxyl groups excluding tert-OH is 1. The van der Waals surface area contributed by atoms with Crippen molar-refractivity contribution >= 4 is 23.1 Å². The van der Waals surface area contributed by atoms with Crippen LogP contribution in [-0.4, -0.2) is 35.9 Å². The van der Waals surface area contributed by atoms with Crippen LogP contribution >= 0.6 is 23.1 Å². The van der Waals surface area contributed by atoms with Gasteiger partial charge in [-0.1, -0.05) is 20.3 Å². The Morgan fingerprint density at radius 2 is 2.05 bits per heavy atom. The van der Waals surface area contributed by atoms with Gasteiger partial charge in [0.1, 0.15) is 0 Å². The van der Waals surface area contributed by atoms with E-state index in [1.165, 1.54) is 23.5 Å². The van der Waals surface area contributed by atoms with Crippen LogP contribution in [0.25, 0.3) is 0 Å². The van der Waals surface area contributed by atoms with Gasteiger partial charge in [0, 0.05) is 11.4 Å². The first-order chi connectivity index (χ1) is 9.17. The second kappa shape index (κ2) is 9.81. The normalized spacial score (nSPS) is 13.1. The molecule has 0 spiro atoms. The molecular weight excluding hydrogens is 274 g/mol. The number of nitrogens with zero attached hydrogens (tertiary/aromatic N) is 1. The highest BCUT2D eigenvalue weighted by Gasteiger charge is 2.11. The summed E-state index contributed by atoms with van der Waals surface area (Å²) in [6.07, 6.45) is 4.20. The number of hydrogen-bond donors (Lipinski definition) is 1. The molecule has 2 nitrogen and oxygen atoms in total. The van der Waals surface area contributed by atoms with Crippen LogP contribution in [0.5, 0.6) is 0 Å². The quantitative estimate of drug-likeness (QED) is 0.648. The Labute approximate surface area is 126 Å². The van der Waals surface area contributed by atoms with Crippen LogP contribution in [0.1, 0.15) is 50.5 Å². The zero-order chi connectivity index (χ0) is 14.1. The third-order valence-electron chi connectivity index (χ3n) is 3.06. The Morgan fingerprint density at radius 1 is 1.26 bits per heavy atom. The SMILES string of the molecule is CCCCN(C)CCC(O)c1ccc(SCCC)s1. The van der Waals surface area contributed by atoms with E-state index >= 15 is 0 Å². The van der Waals surface area contributed by atoms with E-state index in [9.17, 15) is 5.11 Å². The molecule has 0 saturated carbocycles. The number of thioether (sulfide) groups is 1. The van der Waals surface area contributed by atoms with Crippen LogP contribution in [0.15, 0.2) is 16.3 Å². The Balaban J connectivity index is 2.32. The van der Waals surface area contributed by atoms with Gasteiger partial charge in [0.25, 0.3) is 0 Å². The summed E-state index contributed by atoms with van der Waals surface area (Å²) in [6, 6.07) is 4.23. The van der Waals surface area contributed by atoms with Gasteiger partial charge >= 0.3 is 0 Å². The van der Waals surface area contributed by atoms with Crippen molar-refractivity contribution in [1.82, 2.24) is 4.90 Å². The highest BCUT2D eigenvalue weighted by atomic mass is 32.2. The van der Waals surface area contributed by atoms with Crippen molar-refractivity contribution in [3.05, 3.63) is 17.0 Å². The minimum Gasteiger partial charge on any atom is -0.388 e. The van der Waals surface area contributed by atoms with Crippen molar-refractivity contribution in [2.24, 2.45) is 0 Å². The summed E-state index contributed by atoms with van der Waals surface area (Å²) in [5.41, 5.74) is 0. The Morgan fingerprint density at radius 3 is 2.74 bits per heavy atom. The molecule has 1 aromatic heterocycles. The summed E-state index contributed by atoms with van der Waals surface area (Å²) in [4.78, 5) is 3.43. The van der Waals surface area contributed by atoms with Gasteiger partial charge in [-0.25, -0.2) is 0 Å². The van der Waals surface area contributed by atoms with Gasteiger partial charge in [0.15, 0.2) is 0 Å². The number of rotatable bonds is 10. The monoisotopic (exact) mass is 301 g/mol. The number of thiophene rings is 1. The molecule has 110 valence electrons. The van der Waals surface area contributed by atoms with Gasteiger partial charge in [-0.15, -0.1) is 23.1 Å². The first-order valence-corrected chi connectivity index (χ1v) is 9.06. The van der Waals surface area contributed by atoms with Crippen LogP contribution in [0.2, 0.25) is 0 Å². The van der Waals surface area contributed by atoms with E-state index in [0.717, 1.165) is 30.1 Å². The molecule has 0 saturated heterocycles. The third-order valence-corrected chi connectivity index (χ3v) is 5.67. The molecule has 1 aromatic rings. The van der Waals surface area contributed by atoms with E-state index in [1.54, 1.807) is 11.3 Å². The van der Waals surface area contributed by atoms with Crippen molar-refractivity contribution in [2.75, 3.05) is 25.9 Å². The zero-order valence-electron chi connectivity index (χ0n) is 12.4. The van der Waals surface area contributed by atoms with E-state index in [4.69, 9.17) is 0 Å². The molecule has 0 aliphatic carbocycles. The van der Waals surface area contributed by atoms with Crippen LogP contribution in [0.4, 0.5) is 0 Å². The number of hydrogen-bond acceptors (Lipinski definition) is 4. The van der Waals surface area contributed by atoms with Gasteiger partial charge in [-0.3, -0.25) is 0 Å². The van der Waals surface area contributed by atoms with Gasteiger partial charge in [0.2, 0.25) is 0 Å². The lowest BCUT2D eigenvalue weighted by Gasteiger charge is -2.17. The number of unbranched alkanes of at least 4 members (excludes halogenated alkanes) is 1. The molecule has 19 heavy (non-hydrogen) atoms. The standard InChI is InChI=1S/C15H27NOS2/c1-4-6-10-16(3)11-9-13(17)14-7-8-15(19-14)18-12-5-2/h7-8,13,17H,4-6,9-12H2,1-3H3. The Kier molecular flexibility index (Phi) is 8.79. The molecule has 1 unspecified atom stereocenters. The molecule has 1 atom stereocenters. The average Bonchev–Trinajstić information content (AvgIpc) is 2.89. The zero-order valence-corrected chi connectivity index (χ0v) is 14.0. The summed E-state index contributed by atoms with van der Waals surface area (Å²) < 4.78 is 1.33. The molecule has 1 N–H and O–H groups in total. The predicted molar refractivity (Wildman–Crippen MR) is 87.3 cm³/mol. The molecule has 0 fully saturated rings. The Bertz CT molecular complexity index is 341. The molecule has 0 radical (unpaired) electrons. The van der Waals surface area contributed by atoms with Crippen molar-refractivity contribution in [1.29, 1.82) is 0 Å². The summed E-state index contributed by atoms with van der Waals surface area (Å²) in [5, 5.41) is 10.2. The Hall–Kier alpha value is -0.0300. The fraction of sp³-hybridized carbons (Fsp3) is 0.733. The molecule has 0 bridgehead atoms. The van der Waals surface area contributed by atoms with Crippen molar-refractivity contribution < 1.29 is 5.11 Å². The second-order valence-corrected chi connectivity index (χ2v) is 7.48. The topological polar surface area (TPSA) is 23.5 Å².